The molecule has 0 unspecified atom stereocenters. The van der Waals surface area contributed by atoms with Gasteiger partial charge >= 0.3 is 0 Å². The number of carbonyl (C=O) groups is 2. The van der Waals surface area contributed by atoms with Crippen molar-refractivity contribution >= 4 is 11.8 Å². The van der Waals surface area contributed by atoms with Crippen LogP contribution in [0.3, 0.4) is 0 Å². The third-order valence-corrected chi connectivity index (χ3v) is 4.16. The molecule has 1 saturated carbocycles. The standard InChI is InChI=1S/C14H14N4O3/c1-21-11-4-2-9(3-5-11)8-18-12(19)10-6-14(7-10,13(18)20)16-17-15/h2-5,10H,6-8H2,1H3. The zero-order chi connectivity index (χ0) is 15.0. The van der Waals surface area contributed by atoms with Crippen LogP contribution in [0.25, 0.3) is 10.4 Å². The molecule has 0 aromatic heterocycles. The van der Waals surface area contributed by atoms with Crippen molar-refractivity contribution in [1.29, 1.82) is 0 Å². The first-order valence-corrected chi connectivity index (χ1v) is 6.64. The third-order valence-electron chi connectivity index (χ3n) is 4.16. The molecule has 7 heteroatoms. The molecular weight excluding hydrogens is 272 g/mol. The first kappa shape index (κ1) is 13.5. The molecule has 2 heterocycles. The Morgan fingerprint density at radius 1 is 1.38 bits per heavy atom. The van der Waals surface area contributed by atoms with E-state index >= 15 is 0 Å². The minimum Gasteiger partial charge on any atom is -0.497 e. The SMILES string of the molecule is COc1ccc(CN2C(=O)C3CC(N=[N+]=[N-])(C3)C2=O)cc1. The van der Waals surface area contributed by atoms with E-state index in [-0.39, 0.29) is 24.3 Å². The van der Waals surface area contributed by atoms with Crippen LogP contribution in [0.15, 0.2) is 29.4 Å². The Morgan fingerprint density at radius 2 is 2.05 bits per heavy atom. The van der Waals surface area contributed by atoms with E-state index in [2.05, 4.69) is 10.0 Å². The molecule has 2 amide bonds. The van der Waals surface area contributed by atoms with Crippen LogP contribution in [0.4, 0.5) is 0 Å². The van der Waals surface area contributed by atoms with Gasteiger partial charge in [0.05, 0.1) is 13.7 Å². The highest BCUT2D eigenvalue weighted by Crippen LogP contribution is 2.48. The van der Waals surface area contributed by atoms with Crippen molar-refractivity contribution in [2.24, 2.45) is 11.0 Å². The number of ether oxygens (including phenoxy) is 1. The number of methoxy groups -OCH3 is 1. The maximum atomic E-state index is 12.4. The van der Waals surface area contributed by atoms with Crippen LogP contribution >= 0.6 is 0 Å². The van der Waals surface area contributed by atoms with Crippen molar-refractivity contribution in [2.45, 2.75) is 24.9 Å². The number of azide groups is 1. The first-order valence-electron chi connectivity index (χ1n) is 6.64. The zero-order valence-corrected chi connectivity index (χ0v) is 11.5. The van der Waals surface area contributed by atoms with Gasteiger partial charge in [-0.3, -0.25) is 14.5 Å². The van der Waals surface area contributed by atoms with Crippen molar-refractivity contribution < 1.29 is 14.3 Å². The number of fused-ring (bicyclic) bond motifs is 2. The quantitative estimate of drug-likeness (QED) is 0.366. The lowest BCUT2D eigenvalue weighted by atomic mass is 9.64. The summed E-state index contributed by atoms with van der Waals surface area (Å²) in [4.78, 5) is 28.6. The van der Waals surface area contributed by atoms with Gasteiger partial charge in [0.1, 0.15) is 11.3 Å². The molecule has 3 fully saturated rings. The molecule has 0 spiro atoms. The van der Waals surface area contributed by atoms with Crippen LogP contribution in [0, 0.1) is 5.92 Å². The number of carbonyl (C=O) groups excluding carboxylic acids is 2. The number of hydrogen-bond acceptors (Lipinski definition) is 4. The summed E-state index contributed by atoms with van der Waals surface area (Å²) < 4.78 is 5.07. The van der Waals surface area contributed by atoms with Crippen LogP contribution in [0.2, 0.25) is 0 Å². The second-order valence-electron chi connectivity index (χ2n) is 5.40. The summed E-state index contributed by atoms with van der Waals surface area (Å²) in [6.45, 7) is 0.195. The second kappa shape index (κ2) is 4.79. The van der Waals surface area contributed by atoms with Gasteiger partial charge in [0.15, 0.2) is 0 Å². The van der Waals surface area contributed by atoms with Gasteiger partial charge in [-0.25, -0.2) is 0 Å². The van der Waals surface area contributed by atoms with Gasteiger partial charge in [0.2, 0.25) is 11.8 Å². The number of nitrogens with zero attached hydrogens (tertiary/aromatic N) is 4. The summed E-state index contributed by atoms with van der Waals surface area (Å²) >= 11 is 0. The van der Waals surface area contributed by atoms with Crippen LogP contribution in [-0.4, -0.2) is 29.4 Å². The predicted molar refractivity (Wildman–Crippen MR) is 73.2 cm³/mol. The van der Waals surface area contributed by atoms with Gasteiger partial charge in [-0.1, -0.05) is 17.2 Å². The Morgan fingerprint density at radius 3 is 2.62 bits per heavy atom. The summed E-state index contributed by atoms with van der Waals surface area (Å²) in [5, 5.41) is 3.63. The smallest absolute Gasteiger partial charge is 0.241 e. The minimum atomic E-state index is -1.04. The first-order chi connectivity index (χ1) is 10.1. The van der Waals surface area contributed by atoms with E-state index in [1.54, 1.807) is 31.4 Å². The van der Waals surface area contributed by atoms with E-state index in [9.17, 15) is 9.59 Å². The maximum Gasteiger partial charge on any atom is 0.241 e. The number of piperidine rings is 2. The van der Waals surface area contributed by atoms with Gasteiger partial charge in [-0.2, -0.15) is 0 Å². The molecule has 2 aliphatic heterocycles. The summed E-state index contributed by atoms with van der Waals surface area (Å²) in [5.74, 6) is -0.0515. The van der Waals surface area contributed by atoms with Crippen LogP contribution in [0.5, 0.6) is 5.75 Å². The highest BCUT2D eigenvalue weighted by Gasteiger charge is 2.60. The lowest BCUT2D eigenvalue weighted by Gasteiger charge is -2.50. The molecule has 4 rings (SSSR count). The molecule has 108 valence electrons. The Kier molecular flexibility index (Phi) is 3.07. The fraction of sp³-hybridized carbons (Fsp3) is 0.429. The number of hydrogen-bond donors (Lipinski definition) is 0. The Labute approximate surface area is 121 Å². The molecular formula is C14H14N4O3. The molecule has 0 radical (unpaired) electrons. The van der Waals surface area contributed by atoms with Crippen molar-refractivity contribution in [2.75, 3.05) is 7.11 Å². The molecule has 1 aliphatic carbocycles. The van der Waals surface area contributed by atoms with E-state index in [4.69, 9.17) is 10.3 Å². The van der Waals surface area contributed by atoms with Crippen LogP contribution < -0.4 is 4.74 Å². The monoisotopic (exact) mass is 286 g/mol. The molecule has 21 heavy (non-hydrogen) atoms. The minimum absolute atomic E-state index is 0.175. The van der Waals surface area contributed by atoms with Crippen LogP contribution in [0.1, 0.15) is 18.4 Å². The van der Waals surface area contributed by atoms with Crippen molar-refractivity contribution in [3.63, 3.8) is 0 Å². The van der Waals surface area contributed by atoms with E-state index in [0.717, 1.165) is 5.56 Å². The largest absolute Gasteiger partial charge is 0.497 e. The molecule has 0 atom stereocenters. The second-order valence-corrected chi connectivity index (χ2v) is 5.40. The topological polar surface area (TPSA) is 95.4 Å². The van der Waals surface area contributed by atoms with E-state index in [1.807, 2.05) is 0 Å². The van der Waals surface area contributed by atoms with Crippen molar-refractivity contribution in [3.05, 3.63) is 40.3 Å². The van der Waals surface area contributed by atoms with E-state index in [0.29, 0.717) is 18.6 Å². The van der Waals surface area contributed by atoms with Crippen molar-refractivity contribution in [3.8, 4) is 5.75 Å². The highest BCUT2D eigenvalue weighted by molar-refractivity contribution is 6.07. The number of amides is 2. The summed E-state index contributed by atoms with van der Waals surface area (Å²) in [6.07, 6.45) is 0.682. The summed E-state index contributed by atoms with van der Waals surface area (Å²) in [7, 11) is 1.57. The molecule has 2 bridgehead atoms. The number of rotatable bonds is 4. The lowest BCUT2D eigenvalue weighted by Crippen LogP contribution is -2.66. The Hall–Kier alpha value is -2.53. The van der Waals surface area contributed by atoms with E-state index < -0.39 is 5.54 Å². The molecule has 0 N–H and O–H groups in total. The van der Waals surface area contributed by atoms with E-state index in [1.165, 1.54) is 4.90 Å². The normalized spacial score (nSPS) is 26.9. The zero-order valence-electron chi connectivity index (χ0n) is 11.5. The summed E-state index contributed by atoms with van der Waals surface area (Å²) in [6, 6.07) is 7.16. The van der Waals surface area contributed by atoms with Gasteiger partial charge in [-0.15, -0.1) is 0 Å². The molecule has 3 aliphatic rings. The Balaban J connectivity index is 1.82. The molecule has 2 saturated heterocycles. The summed E-state index contributed by atoms with van der Waals surface area (Å²) in [5.41, 5.74) is 8.40. The fourth-order valence-corrected chi connectivity index (χ4v) is 2.95. The average Bonchev–Trinajstić information content (AvgIpc) is 2.46. The average molecular weight is 286 g/mol. The highest BCUT2D eigenvalue weighted by atomic mass is 16.5. The predicted octanol–water partition coefficient (Wildman–Crippen LogP) is 2.02. The molecule has 1 aromatic carbocycles. The van der Waals surface area contributed by atoms with Gasteiger partial charge in [0.25, 0.3) is 0 Å². The van der Waals surface area contributed by atoms with Crippen LogP contribution in [-0.2, 0) is 16.1 Å². The fourth-order valence-electron chi connectivity index (χ4n) is 2.95. The van der Waals surface area contributed by atoms with Gasteiger partial charge in [0, 0.05) is 10.8 Å². The lowest BCUT2D eigenvalue weighted by molar-refractivity contribution is -0.168. The molecule has 1 aromatic rings. The van der Waals surface area contributed by atoms with Crippen molar-refractivity contribution in [1.82, 2.24) is 4.90 Å². The van der Waals surface area contributed by atoms with Gasteiger partial charge < -0.3 is 4.74 Å². The number of imide groups is 1. The molecule has 7 nitrogen and oxygen atoms in total. The maximum absolute atomic E-state index is 12.4. The van der Waals surface area contributed by atoms with Gasteiger partial charge in [-0.05, 0) is 36.1 Å². The Bertz CT molecular complexity index is 643. The third kappa shape index (κ3) is 2.02. The number of benzene rings is 1.